The number of furan rings is 1. The van der Waals surface area contributed by atoms with Gasteiger partial charge in [-0.15, -0.1) is 0 Å². The Kier molecular flexibility index (Phi) is 5.39. The van der Waals surface area contributed by atoms with Crippen LogP contribution >= 0.6 is 0 Å². The maximum absolute atomic E-state index is 13.4. The van der Waals surface area contributed by atoms with Gasteiger partial charge >= 0.3 is 0 Å². The van der Waals surface area contributed by atoms with Crippen LogP contribution in [0.2, 0.25) is 0 Å². The van der Waals surface area contributed by atoms with Gasteiger partial charge in [0.05, 0.1) is 19.8 Å². The smallest absolute Gasteiger partial charge is 0.254 e. The van der Waals surface area contributed by atoms with Gasteiger partial charge in [0.25, 0.3) is 5.91 Å². The lowest BCUT2D eigenvalue weighted by Crippen LogP contribution is -2.51. The van der Waals surface area contributed by atoms with Crippen molar-refractivity contribution in [2.45, 2.75) is 6.42 Å². The third-order valence-corrected chi connectivity index (χ3v) is 5.29. The lowest BCUT2D eigenvalue weighted by molar-refractivity contribution is -0.131. The molecule has 0 spiro atoms. The van der Waals surface area contributed by atoms with Crippen molar-refractivity contribution < 1.29 is 27.5 Å². The van der Waals surface area contributed by atoms with Crippen molar-refractivity contribution in [1.82, 2.24) is 9.80 Å². The molecular formula is C22H20F2N2O4. The molecule has 1 fully saturated rings. The van der Waals surface area contributed by atoms with Gasteiger partial charge < -0.3 is 19.0 Å². The highest BCUT2D eigenvalue weighted by Gasteiger charge is 2.26. The van der Waals surface area contributed by atoms with E-state index in [1.54, 1.807) is 24.3 Å². The van der Waals surface area contributed by atoms with Crippen molar-refractivity contribution in [3.63, 3.8) is 0 Å². The Morgan fingerprint density at radius 2 is 1.73 bits per heavy atom. The first-order valence-electron chi connectivity index (χ1n) is 9.52. The molecule has 2 amide bonds. The van der Waals surface area contributed by atoms with Crippen molar-refractivity contribution in [1.29, 1.82) is 0 Å². The Bertz CT molecular complexity index is 1100. The number of carbonyl (C=O) groups excluding carboxylic acids is 2. The summed E-state index contributed by atoms with van der Waals surface area (Å²) in [5, 5.41) is 0.858. The van der Waals surface area contributed by atoms with E-state index in [0.29, 0.717) is 37.5 Å². The zero-order valence-corrected chi connectivity index (χ0v) is 16.4. The highest BCUT2D eigenvalue weighted by atomic mass is 19.2. The molecule has 0 N–H and O–H groups in total. The minimum absolute atomic E-state index is 0.0616. The van der Waals surface area contributed by atoms with Crippen molar-refractivity contribution in [2.75, 3.05) is 33.3 Å². The van der Waals surface area contributed by atoms with Crippen molar-refractivity contribution in [2.24, 2.45) is 0 Å². The zero-order valence-electron chi connectivity index (χ0n) is 16.4. The zero-order chi connectivity index (χ0) is 21.3. The number of hydrogen-bond acceptors (Lipinski definition) is 4. The second-order valence-electron chi connectivity index (χ2n) is 7.10. The molecule has 156 valence electrons. The van der Waals surface area contributed by atoms with E-state index in [9.17, 15) is 18.4 Å². The number of hydrogen-bond donors (Lipinski definition) is 0. The number of piperazine rings is 1. The topological polar surface area (TPSA) is 63.0 Å². The predicted molar refractivity (Wildman–Crippen MR) is 105 cm³/mol. The Hall–Kier alpha value is -3.42. The Morgan fingerprint density at radius 1 is 1.00 bits per heavy atom. The van der Waals surface area contributed by atoms with Crippen LogP contribution in [0.4, 0.5) is 8.78 Å². The van der Waals surface area contributed by atoms with E-state index in [1.165, 1.54) is 11.0 Å². The number of carbonyl (C=O) groups is 2. The number of benzene rings is 2. The number of ether oxygens (including phenoxy) is 1. The molecule has 30 heavy (non-hydrogen) atoms. The monoisotopic (exact) mass is 414 g/mol. The van der Waals surface area contributed by atoms with Gasteiger partial charge in [0.15, 0.2) is 11.6 Å². The maximum Gasteiger partial charge on any atom is 0.254 e. The fourth-order valence-electron chi connectivity index (χ4n) is 3.57. The number of fused-ring (bicyclic) bond motifs is 1. The lowest BCUT2D eigenvalue weighted by Gasteiger charge is -2.34. The molecule has 0 radical (unpaired) electrons. The SMILES string of the molecule is COc1ccc2c(CC(=O)N3CCN(C(=O)c4ccc(F)c(F)c4)CC3)coc2c1. The summed E-state index contributed by atoms with van der Waals surface area (Å²) in [6.45, 7) is 1.40. The molecule has 0 saturated carbocycles. The fraction of sp³-hybridized carbons (Fsp3) is 0.273. The van der Waals surface area contributed by atoms with Gasteiger partial charge in [0.1, 0.15) is 11.3 Å². The van der Waals surface area contributed by atoms with Crippen LogP contribution in [0.5, 0.6) is 5.75 Å². The van der Waals surface area contributed by atoms with Gasteiger partial charge in [-0.3, -0.25) is 9.59 Å². The Morgan fingerprint density at radius 3 is 2.43 bits per heavy atom. The van der Waals surface area contributed by atoms with Crippen LogP contribution in [-0.4, -0.2) is 54.9 Å². The normalized spacial score (nSPS) is 14.2. The number of amides is 2. The average Bonchev–Trinajstić information content (AvgIpc) is 3.17. The number of nitrogens with zero attached hydrogens (tertiary/aromatic N) is 2. The molecule has 1 aliphatic heterocycles. The first-order chi connectivity index (χ1) is 14.5. The van der Waals surface area contributed by atoms with Crippen LogP contribution in [0, 0.1) is 11.6 Å². The molecule has 0 aliphatic carbocycles. The molecule has 8 heteroatoms. The molecule has 0 atom stereocenters. The first-order valence-corrected chi connectivity index (χ1v) is 9.52. The van der Waals surface area contributed by atoms with Crippen molar-refractivity contribution in [3.05, 3.63) is 65.4 Å². The predicted octanol–water partition coefficient (Wildman–Crippen LogP) is 3.25. The molecule has 6 nitrogen and oxygen atoms in total. The molecular weight excluding hydrogens is 394 g/mol. The quantitative estimate of drug-likeness (QED) is 0.658. The summed E-state index contributed by atoms with van der Waals surface area (Å²) >= 11 is 0. The molecule has 2 aromatic carbocycles. The molecule has 1 aliphatic rings. The average molecular weight is 414 g/mol. The van der Waals surface area contributed by atoms with Gasteiger partial charge in [-0.05, 0) is 30.3 Å². The molecule has 0 bridgehead atoms. The van der Waals surface area contributed by atoms with Crippen LogP contribution < -0.4 is 4.74 Å². The van der Waals surface area contributed by atoms with E-state index in [0.717, 1.165) is 23.1 Å². The molecule has 2 heterocycles. The second kappa shape index (κ2) is 8.14. The summed E-state index contributed by atoms with van der Waals surface area (Å²) in [5.41, 5.74) is 1.53. The van der Waals surface area contributed by atoms with Crippen LogP contribution in [0.3, 0.4) is 0 Å². The largest absolute Gasteiger partial charge is 0.497 e. The highest BCUT2D eigenvalue weighted by Crippen LogP contribution is 2.26. The minimum Gasteiger partial charge on any atom is -0.497 e. The van der Waals surface area contributed by atoms with Gasteiger partial charge in [0.2, 0.25) is 5.91 Å². The summed E-state index contributed by atoms with van der Waals surface area (Å²) in [6, 6.07) is 8.54. The van der Waals surface area contributed by atoms with Gasteiger partial charge in [-0.1, -0.05) is 0 Å². The summed E-state index contributed by atoms with van der Waals surface area (Å²) in [5.74, 6) is -1.81. The molecule has 3 aromatic rings. The van der Waals surface area contributed by atoms with Crippen LogP contribution in [0.25, 0.3) is 11.0 Å². The third-order valence-electron chi connectivity index (χ3n) is 5.29. The van der Waals surface area contributed by atoms with E-state index in [4.69, 9.17) is 9.15 Å². The van der Waals surface area contributed by atoms with Crippen LogP contribution in [-0.2, 0) is 11.2 Å². The van der Waals surface area contributed by atoms with Gasteiger partial charge in [-0.2, -0.15) is 0 Å². The number of halogens is 2. The fourth-order valence-corrected chi connectivity index (χ4v) is 3.57. The molecule has 4 rings (SSSR count). The van der Waals surface area contributed by atoms with E-state index < -0.39 is 11.6 Å². The standard InChI is InChI=1S/C22H20F2N2O4/c1-29-16-3-4-17-15(13-30-20(17)12-16)11-21(27)25-6-8-26(9-7-25)22(28)14-2-5-18(23)19(24)10-14/h2-5,10,12-13H,6-9,11H2,1H3. The molecule has 1 saturated heterocycles. The summed E-state index contributed by atoms with van der Waals surface area (Å²) in [6.07, 6.45) is 1.77. The van der Waals surface area contributed by atoms with E-state index in [2.05, 4.69) is 0 Å². The number of methoxy groups -OCH3 is 1. The molecule has 0 unspecified atom stereocenters. The maximum atomic E-state index is 13.4. The minimum atomic E-state index is -1.06. The van der Waals surface area contributed by atoms with Gasteiger partial charge in [0, 0.05) is 48.8 Å². The third kappa shape index (κ3) is 3.85. The first kappa shape index (κ1) is 19.9. The van der Waals surface area contributed by atoms with Crippen LogP contribution in [0.1, 0.15) is 15.9 Å². The van der Waals surface area contributed by atoms with E-state index in [-0.39, 0.29) is 23.8 Å². The van der Waals surface area contributed by atoms with E-state index >= 15 is 0 Å². The Balaban J connectivity index is 1.37. The lowest BCUT2D eigenvalue weighted by atomic mass is 10.1. The van der Waals surface area contributed by atoms with Crippen molar-refractivity contribution in [3.8, 4) is 5.75 Å². The van der Waals surface area contributed by atoms with E-state index in [1.807, 2.05) is 12.1 Å². The second-order valence-corrected chi connectivity index (χ2v) is 7.10. The van der Waals surface area contributed by atoms with Gasteiger partial charge in [-0.25, -0.2) is 8.78 Å². The highest BCUT2D eigenvalue weighted by molar-refractivity contribution is 5.94. The van der Waals surface area contributed by atoms with Crippen molar-refractivity contribution >= 4 is 22.8 Å². The number of rotatable bonds is 4. The summed E-state index contributed by atoms with van der Waals surface area (Å²) in [7, 11) is 1.57. The summed E-state index contributed by atoms with van der Waals surface area (Å²) < 4.78 is 37.2. The van der Waals surface area contributed by atoms with Crippen LogP contribution in [0.15, 0.2) is 47.1 Å². The summed E-state index contributed by atoms with van der Waals surface area (Å²) in [4.78, 5) is 28.5. The molecule has 1 aromatic heterocycles. The Labute approximate surface area is 171 Å².